The molecule has 2 saturated heterocycles. The lowest BCUT2D eigenvalue weighted by molar-refractivity contribution is 0.0497. The molecule has 3 rings (SSSR count). The van der Waals surface area contributed by atoms with E-state index in [0.29, 0.717) is 17.3 Å². The Labute approximate surface area is 131 Å². The predicted molar refractivity (Wildman–Crippen MR) is 84.9 cm³/mol. The Morgan fingerprint density at radius 1 is 1.29 bits per heavy atom. The summed E-state index contributed by atoms with van der Waals surface area (Å²) in [7, 11) is 0. The molecule has 2 fully saturated rings. The second-order valence-corrected chi connectivity index (χ2v) is 7.30. The molecule has 2 heterocycles. The van der Waals surface area contributed by atoms with Crippen molar-refractivity contribution < 1.29 is 14.2 Å². The molecule has 1 aromatic rings. The van der Waals surface area contributed by atoms with E-state index in [1.165, 1.54) is 4.90 Å². The number of ether oxygens (including phenoxy) is 3. The highest BCUT2D eigenvalue weighted by molar-refractivity contribution is 7.99. The van der Waals surface area contributed by atoms with Crippen molar-refractivity contribution in [2.24, 2.45) is 11.8 Å². The lowest BCUT2D eigenvalue weighted by Crippen LogP contribution is -2.21. The fourth-order valence-corrected chi connectivity index (χ4v) is 3.95. The highest BCUT2D eigenvalue weighted by Gasteiger charge is 2.23. The van der Waals surface area contributed by atoms with Crippen LogP contribution in [0.4, 0.5) is 0 Å². The number of rotatable bonds is 5. The molecule has 0 spiro atoms. The van der Waals surface area contributed by atoms with Gasteiger partial charge in [-0.25, -0.2) is 0 Å². The maximum absolute atomic E-state index is 5.96. The lowest BCUT2D eigenvalue weighted by Gasteiger charge is -2.22. The summed E-state index contributed by atoms with van der Waals surface area (Å²) in [6.45, 7) is 5.68. The fraction of sp³-hybridized carbons (Fsp3) is 0.647. The quantitative estimate of drug-likeness (QED) is 0.823. The Bertz CT molecular complexity index is 445. The molecular formula is C17H24O3S. The van der Waals surface area contributed by atoms with Gasteiger partial charge in [0.05, 0.1) is 13.2 Å². The van der Waals surface area contributed by atoms with Gasteiger partial charge in [-0.1, -0.05) is 24.8 Å². The summed E-state index contributed by atoms with van der Waals surface area (Å²) in [6.07, 6.45) is 3.36. The number of hydrogen-bond donors (Lipinski definition) is 0. The predicted octanol–water partition coefficient (Wildman–Crippen LogP) is 3.97. The van der Waals surface area contributed by atoms with Crippen molar-refractivity contribution in [2.45, 2.75) is 36.5 Å². The molecule has 21 heavy (non-hydrogen) atoms. The Hall–Kier alpha value is -0.710. The van der Waals surface area contributed by atoms with Crippen molar-refractivity contribution in [3.63, 3.8) is 0 Å². The molecule has 3 nitrogen and oxygen atoms in total. The Kier molecular flexibility index (Phi) is 5.44. The molecule has 2 aliphatic heterocycles. The fourth-order valence-electron chi connectivity index (χ4n) is 2.73. The minimum Gasteiger partial charge on any atom is -0.493 e. The molecule has 0 radical (unpaired) electrons. The van der Waals surface area contributed by atoms with E-state index in [4.69, 9.17) is 14.2 Å². The van der Waals surface area contributed by atoms with Crippen LogP contribution in [0.25, 0.3) is 0 Å². The summed E-state index contributed by atoms with van der Waals surface area (Å²) in [5, 5.41) is 0. The first kappa shape index (κ1) is 15.2. The standard InChI is InChI=1S/C17H24O3S/c1-13-9-17(20-11-13)21-16-4-2-3-15(10-16)19-12-14-5-7-18-8-6-14/h2-4,10,13-14,17H,5-9,11-12H2,1H3/t13-,17?/m1/s1. The third-order valence-corrected chi connectivity index (χ3v) is 5.18. The average molecular weight is 308 g/mol. The maximum Gasteiger partial charge on any atom is 0.120 e. The van der Waals surface area contributed by atoms with E-state index in [9.17, 15) is 0 Å². The maximum atomic E-state index is 5.96. The van der Waals surface area contributed by atoms with Gasteiger partial charge in [-0.3, -0.25) is 0 Å². The van der Waals surface area contributed by atoms with E-state index in [2.05, 4.69) is 25.1 Å². The molecule has 1 aromatic carbocycles. The zero-order chi connectivity index (χ0) is 14.5. The zero-order valence-electron chi connectivity index (χ0n) is 12.6. The Morgan fingerprint density at radius 2 is 2.14 bits per heavy atom. The van der Waals surface area contributed by atoms with Crippen molar-refractivity contribution >= 4 is 11.8 Å². The van der Waals surface area contributed by atoms with Crippen LogP contribution in [0, 0.1) is 11.8 Å². The summed E-state index contributed by atoms with van der Waals surface area (Å²) in [5.41, 5.74) is 0.297. The van der Waals surface area contributed by atoms with Crippen LogP contribution in [0.5, 0.6) is 5.75 Å². The van der Waals surface area contributed by atoms with Crippen LogP contribution < -0.4 is 4.74 Å². The molecule has 4 heteroatoms. The van der Waals surface area contributed by atoms with Gasteiger partial charge in [0.25, 0.3) is 0 Å². The molecule has 0 aliphatic carbocycles. The average Bonchev–Trinajstić information content (AvgIpc) is 2.92. The molecule has 1 unspecified atom stereocenters. The molecular weight excluding hydrogens is 284 g/mol. The SMILES string of the molecule is C[C@H]1COC(Sc2cccc(OCC3CCOCC3)c2)C1. The molecule has 0 bridgehead atoms. The third kappa shape index (κ3) is 4.63. The second-order valence-electron chi connectivity index (χ2n) is 6.06. The van der Waals surface area contributed by atoms with E-state index >= 15 is 0 Å². The lowest BCUT2D eigenvalue weighted by atomic mass is 10.0. The van der Waals surface area contributed by atoms with Crippen LogP contribution in [-0.4, -0.2) is 31.9 Å². The molecule has 0 saturated carbocycles. The molecule has 0 N–H and O–H groups in total. The zero-order valence-corrected chi connectivity index (χ0v) is 13.4. The van der Waals surface area contributed by atoms with Crippen LogP contribution in [0.15, 0.2) is 29.2 Å². The first-order chi connectivity index (χ1) is 10.3. The van der Waals surface area contributed by atoms with Gasteiger partial charge in [-0.05, 0) is 49.3 Å². The number of thioether (sulfide) groups is 1. The van der Waals surface area contributed by atoms with Crippen LogP contribution in [0.2, 0.25) is 0 Å². The third-order valence-electron chi connectivity index (χ3n) is 4.06. The largest absolute Gasteiger partial charge is 0.493 e. The van der Waals surface area contributed by atoms with Gasteiger partial charge in [-0.2, -0.15) is 0 Å². The van der Waals surface area contributed by atoms with Crippen LogP contribution in [-0.2, 0) is 9.47 Å². The van der Waals surface area contributed by atoms with Crippen LogP contribution in [0.1, 0.15) is 26.2 Å². The highest BCUT2D eigenvalue weighted by atomic mass is 32.2. The van der Waals surface area contributed by atoms with Gasteiger partial charge in [-0.15, -0.1) is 0 Å². The summed E-state index contributed by atoms with van der Waals surface area (Å²) in [4.78, 5) is 1.23. The molecule has 2 aliphatic rings. The van der Waals surface area contributed by atoms with Crippen molar-refractivity contribution in [3.05, 3.63) is 24.3 Å². The van der Waals surface area contributed by atoms with Gasteiger partial charge < -0.3 is 14.2 Å². The molecule has 116 valence electrons. The van der Waals surface area contributed by atoms with E-state index in [0.717, 1.165) is 51.4 Å². The number of hydrogen-bond acceptors (Lipinski definition) is 4. The number of benzene rings is 1. The smallest absolute Gasteiger partial charge is 0.120 e. The minimum absolute atomic E-state index is 0.297. The first-order valence-electron chi connectivity index (χ1n) is 7.88. The van der Waals surface area contributed by atoms with E-state index in [-0.39, 0.29) is 0 Å². The highest BCUT2D eigenvalue weighted by Crippen LogP contribution is 2.34. The Morgan fingerprint density at radius 3 is 2.90 bits per heavy atom. The summed E-state index contributed by atoms with van der Waals surface area (Å²) >= 11 is 1.81. The van der Waals surface area contributed by atoms with Gasteiger partial charge in [0.2, 0.25) is 0 Å². The Balaban J connectivity index is 1.50. The summed E-state index contributed by atoms with van der Waals surface area (Å²) in [5.74, 6) is 2.28. The van der Waals surface area contributed by atoms with Gasteiger partial charge in [0.15, 0.2) is 0 Å². The van der Waals surface area contributed by atoms with Crippen molar-refractivity contribution in [3.8, 4) is 5.75 Å². The minimum atomic E-state index is 0.297. The molecule has 2 atom stereocenters. The van der Waals surface area contributed by atoms with Crippen molar-refractivity contribution in [1.29, 1.82) is 0 Å². The van der Waals surface area contributed by atoms with Crippen LogP contribution in [0.3, 0.4) is 0 Å². The molecule has 0 amide bonds. The second kappa shape index (κ2) is 7.52. The monoisotopic (exact) mass is 308 g/mol. The first-order valence-corrected chi connectivity index (χ1v) is 8.76. The van der Waals surface area contributed by atoms with Crippen molar-refractivity contribution in [2.75, 3.05) is 26.4 Å². The van der Waals surface area contributed by atoms with Gasteiger partial charge in [0, 0.05) is 18.1 Å². The van der Waals surface area contributed by atoms with Crippen molar-refractivity contribution in [1.82, 2.24) is 0 Å². The molecule has 0 aromatic heterocycles. The summed E-state index contributed by atoms with van der Waals surface area (Å²) in [6, 6.07) is 8.39. The van der Waals surface area contributed by atoms with E-state index < -0.39 is 0 Å². The normalized spacial score (nSPS) is 26.9. The van der Waals surface area contributed by atoms with E-state index in [1.807, 2.05) is 17.8 Å². The van der Waals surface area contributed by atoms with Gasteiger partial charge >= 0.3 is 0 Å². The topological polar surface area (TPSA) is 27.7 Å². The van der Waals surface area contributed by atoms with E-state index in [1.54, 1.807) is 0 Å². The van der Waals surface area contributed by atoms with Gasteiger partial charge in [0.1, 0.15) is 11.2 Å². The summed E-state index contributed by atoms with van der Waals surface area (Å²) < 4.78 is 17.1. The van der Waals surface area contributed by atoms with Crippen LogP contribution >= 0.6 is 11.8 Å².